The molecule has 0 unspecified atom stereocenters. The van der Waals surface area contributed by atoms with E-state index in [0.29, 0.717) is 0 Å². The van der Waals surface area contributed by atoms with Crippen LogP contribution in [-0.4, -0.2) is 152 Å². The van der Waals surface area contributed by atoms with Crippen LogP contribution in [-0.2, 0) is 20.8 Å². The Kier molecular flexibility index (Phi) is 707. The predicted molar refractivity (Wildman–Crippen MR) is 92.4 cm³/mol. The van der Waals surface area contributed by atoms with Crippen LogP contribution < -0.4 is 0 Å². The van der Waals surface area contributed by atoms with Gasteiger partial charge in [0.2, 0.25) is 0 Å². The number of rotatable bonds is 0. The van der Waals surface area contributed by atoms with Gasteiger partial charge in [0.05, 0.1) is 0 Å². The van der Waals surface area contributed by atoms with E-state index in [1.165, 1.54) is 0 Å². The Morgan fingerprint density at radius 3 is 0.320 bits per heavy atom. The summed E-state index contributed by atoms with van der Waals surface area (Å²) in [6.45, 7) is 0. The molecule has 0 bridgehead atoms. The molecule has 0 saturated carbocycles. The second kappa shape index (κ2) is 85.9. The lowest BCUT2D eigenvalue weighted by atomic mass is 15.8. The molecule has 0 spiro atoms. The summed E-state index contributed by atoms with van der Waals surface area (Å²) in [5.74, 6) is 0. The minimum absolute atomic E-state index is 0. The molecule has 0 atom stereocenters. The molecule has 0 aliphatic carbocycles. The molecule has 0 aromatic rings. The van der Waals surface area contributed by atoms with Gasteiger partial charge in [-0.2, -0.15) is 16.8 Å². The summed E-state index contributed by atoms with van der Waals surface area (Å²) in [6.07, 6.45) is 0. The Balaban J connectivity index is -0.00000000213. The van der Waals surface area contributed by atoms with Crippen LogP contribution in [0.3, 0.4) is 0 Å². The van der Waals surface area contributed by atoms with E-state index < -0.39 is 20.8 Å². The van der Waals surface area contributed by atoms with Crippen LogP contribution >= 0.6 is 0 Å². The van der Waals surface area contributed by atoms with Crippen LogP contribution in [0.2, 0.25) is 0 Å². The summed E-state index contributed by atoms with van der Waals surface area (Å²) in [5, 5.41) is 0. The van der Waals surface area contributed by atoms with E-state index in [0.717, 1.165) is 0 Å². The zero-order valence-electron chi connectivity index (χ0n) is 10.7. The van der Waals surface area contributed by atoms with Gasteiger partial charge in [-0.25, -0.2) is 0 Å². The molecule has 30 N–H and O–H groups in total. The normalized spacial score (nSPS) is 4.64. The maximum atomic E-state index is 8.74. The molecule has 0 aromatic heterocycles. The zero-order chi connectivity index (χ0) is 9.00. The average Bonchev–Trinajstić information content (AvgIpc) is 1.12. The van der Waals surface area contributed by atoms with E-state index in [1.807, 2.05) is 0 Å². The van der Waals surface area contributed by atoms with Gasteiger partial charge >= 0.3 is 66.9 Å². The van der Waals surface area contributed by atoms with Gasteiger partial charge in [0.25, 0.3) is 0 Å². The van der Waals surface area contributed by atoms with Crippen molar-refractivity contribution >= 4 is 66.9 Å². The molecule has 0 aromatic carbocycles. The Morgan fingerprint density at radius 1 is 0.320 bits per heavy atom. The molecule has 0 radical (unpaired) electrons. The van der Waals surface area contributed by atoms with Gasteiger partial charge in [-0.05, 0) is 0 Å². The summed E-state index contributed by atoms with van der Waals surface area (Å²) in [6, 6.07) is 0. The van der Waals surface area contributed by atoms with Crippen molar-refractivity contribution in [1.29, 1.82) is 0 Å². The number of hydrogen-bond donors (Lipinski definition) is 4. The second-order valence-corrected chi connectivity index (χ2v) is 2.69. The third-order valence-corrected chi connectivity index (χ3v) is 0. The summed E-state index contributed by atoms with van der Waals surface area (Å²) in [4.78, 5) is 0. The quantitative estimate of drug-likeness (QED) is 0.189. The van der Waals surface area contributed by atoms with Crippen molar-refractivity contribution in [3.05, 3.63) is 0 Å². The van der Waals surface area contributed by atoms with Crippen LogP contribution in [0.15, 0.2) is 0 Å². The first kappa shape index (κ1) is 206. The highest BCUT2D eigenvalue weighted by Gasteiger charge is 1.85. The van der Waals surface area contributed by atoms with Crippen LogP contribution in [0.4, 0.5) is 0 Å². The van der Waals surface area contributed by atoms with Crippen molar-refractivity contribution in [3.63, 3.8) is 0 Å². The van der Waals surface area contributed by atoms with Crippen LogP contribution in [0, 0.1) is 0 Å². The topological polar surface area (TPSA) is 559 Å². The van der Waals surface area contributed by atoms with Gasteiger partial charge in [0, 0.05) is 0 Å². The fraction of sp³-hybridized carbons (Fsp3) is 0. The first-order chi connectivity index (χ1) is 4.00. The van der Waals surface area contributed by atoms with E-state index in [2.05, 4.69) is 0 Å². The SMILES string of the molecule is O.O.O.O.O.O.O.O.O.O.O.O.O.O=S(=O)(O)O.O=S(=O)(O)O.[MgH2].[MgH2]. The van der Waals surface area contributed by atoms with Crippen molar-refractivity contribution in [3.8, 4) is 0 Å². The van der Waals surface area contributed by atoms with Crippen LogP contribution in [0.25, 0.3) is 0 Å². The fourth-order valence-electron chi connectivity index (χ4n) is 0. The van der Waals surface area contributed by atoms with E-state index in [-0.39, 0.29) is 117 Å². The first-order valence-corrected chi connectivity index (χ1v) is 4.19. The van der Waals surface area contributed by atoms with Crippen molar-refractivity contribution in [2.24, 2.45) is 0 Å². The lowest BCUT2D eigenvalue weighted by Gasteiger charge is -1.68. The smallest absolute Gasteiger partial charge is 0.394 e. The summed E-state index contributed by atoms with van der Waals surface area (Å²) < 4.78 is 63.2. The van der Waals surface area contributed by atoms with Gasteiger partial charge in [-0.1, -0.05) is 0 Å². The van der Waals surface area contributed by atoms with E-state index in [1.54, 1.807) is 0 Å². The highest BCUT2D eigenvalue weighted by molar-refractivity contribution is 7.80. The standard InChI is InChI=1S/2Mg.2H2O4S.13H2O.4H/c;;2*1-5(2,3)4;;;;;;;;;;;;;;;;;/h;;2*(H2,1,2,3,4);13*1H2;;;;. The fourth-order valence-corrected chi connectivity index (χ4v) is 0. The molecular weight excluding hydrogens is 449 g/mol. The molecule has 0 aliphatic rings. The van der Waals surface area contributed by atoms with Gasteiger partial charge < -0.3 is 71.2 Å². The second-order valence-electron chi connectivity index (χ2n) is 0.896. The molecule has 0 saturated heterocycles. The first-order valence-electron chi connectivity index (χ1n) is 1.40. The molecule has 25 heteroatoms. The third-order valence-electron chi connectivity index (χ3n) is 0. The molecule has 176 valence electrons. The van der Waals surface area contributed by atoms with Gasteiger partial charge in [0.15, 0.2) is 0 Å². The number of hydrogen-bond acceptors (Lipinski definition) is 4. The van der Waals surface area contributed by atoms with E-state index >= 15 is 0 Å². The zero-order valence-corrected chi connectivity index (χ0v) is 12.4. The van der Waals surface area contributed by atoms with E-state index in [9.17, 15) is 0 Å². The third kappa shape index (κ3) is 22600. The average molecular weight is 483 g/mol. The maximum Gasteiger partial charge on any atom is 0.394 e. The largest absolute Gasteiger partial charge is 0.412 e. The van der Waals surface area contributed by atoms with Crippen LogP contribution in [0.1, 0.15) is 0 Å². The Bertz CT molecular complexity index is 216. The van der Waals surface area contributed by atoms with Crippen molar-refractivity contribution < 1.29 is 106 Å². The summed E-state index contributed by atoms with van der Waals surface area (Å²) in [5.41, 5.74) is 0. The monoisotopic (exact) mass is 482 g/mol. The van der Waals surface area contributed by atoms with Crippen LogP contribution in [0.5, 0.6) is 0 Å². The summed E-state index contributed by atoms with van der Waals surface area (Å²) >= 11 is 0. The Labute approximate surface area is 172 Å². The lowest BCUT2D eigenvalue weighted by Crippen LogP contribution is -1.89. The van der Waals surface area contributed by atoms with Crippen molar-refractivity contribution in [2.45, 2.75) is 0 Å². The molecular formula is H34Mg2O21S2. The predicted octanol–water partition coefficient (Wildman–Crippen LogP) is -13.9. The van der Waals surface area contributed by atoms with Gasteiger partial charge in [-0.15, -0.1) is 0 Å². The molecule has 25 heavy (non-hydrogen) atoms. The summed E-state index contributed by atoms with van der Waals surface area (Å²) in [7, 11) is -9.33. The molecule has 0 fully saturated rings. The molecule has 0 amide bonds. The molecule has 21 nitrogen and oxygen atoms in total. The molecule has 0 rings (SSSR count). The lowest BCUT2D eigenvalue weighted by molar-refractivity contribution is 0.378. The van der Waals surface area contributed by atoms with Gasteiger partial charge in [0.1, 0.15) is 0 Å². The van der Waals surface area contributed by atoms with E-state index in [4.69, 9.17) is 35.0 Å². The Morgan fingerprint density at radius 2 is 0.320 bits per heavy atom. The Hall–Kier alpha value is 0.752. The molecule has 0 heterocycles. The van der Waals surface area contributed by atoms with Gasteiger partial charge in [-0.3, -0.25) is 18.2 Å². The molecule has 0 aliphatic heterocycles. The highest BCUT2D eigenvalue weighted by Crippen LogP contribution is 1.59. The minimum Gasteiger partial charge on any atom is -0.412 e. The minimum atomic E-state index is -4.67. The maximum absolute atomic E-state index is 8.74. The van der Waals surface area contributed by atoms with Crippen molar-refractivity contribution in [1.82, 2.24) is 0 Å². The van der Waals surface area contributed by atoms with Crippen molar-refractivity contribution in [2.75, 3.05) is 0 Å². The highest BCUT2D eigenvalue weighted by atomic mass is 32.3.